The minimum atomic E-state index is 0.466. The predicted molar refractivity (Wildman–Crippen MR) is 101 cm³/mol. The quantitative estimate of drug-likeness (QED) is 0.503. The Kier molecular flexibility index (Phi) is 6.17. The Morgan fingerprint density at radius 3 is 2.92 bits per heavy atom. The summed E-state index contributed by atoms with van der Waals surface area (Å²) >= 11 is 1.61. The molecule has 3 rings (SSSR count). The van der Waals surface area contributed by atoms with Gasteiger partial charge < -0.3 is 15.1 Å². The average molecular weight is 355 g/mol. The van der Waals surface area contributed by atoms with Gasteiger partial charge in [-0.1, -0.05) is 12.1 Å². The molecule has 0 radical (unpaired) electrons. The average Bonchev–Trinajstić information content (AvgIpc) is 3.32. The SMILES string of the molecule is CCNC(=NCc1coc(-c2cccs2)n1)NCCc1ccccn1. The van der Waals surface area contributed by atoms with E-state index in [1.165, 1.54) is 0 Å². The Hall–Kier alpha value is -2.67. The van der Waals surface area contributed by atoms with Crippen molar-refractivity contribution in [3.05, 3.63) is 59.6 Å². The van der Waals surface area contributed by atoms with Crippen LogP contribution < -0.4 is 10.6 Å². The minimum Gasteiger partial charge on any atom is -0.443 e. The number of thiophene rings is 1. The van der Waals surface area contributed by atoms with Gasteiger partial charge in [0.05, 0.1) is 11.4 Å². The number of aliphatic imine (C=N–C) groups is 1. The molecule has 3 heterocycles. The highest BCUT2D eigenvalue weighted by Gasteiger charge is 2.07. The summed E-state index contributed by atoms with van der Waals surface area (Å²) in [4.78, 5) is 14.4. The van der Waals surface area contributed by atoms with E-state index in [0.717, 1.165) is 41.7 Å². The lowest BCUT2D eigenvalue weighted by atomic mass is 10.3. The van der Waals surface area contributed by atoms with E-state index in [9.17, 15) is 0 Å². The highest BCUT2D eigenvalue weighted by atomic mass is 32.1. The molecule has 0 saturated carbocycles. The molecule has 0 spiro atoms. The minimum absolute atomic E-state index is 0.466. The van der Waals surface area contributed by atoms with Crippen LogP contribution in [0.5, 0.6) is 0 Å². The molecule has 0 aliphatic rings. The first-order chi connectivity index (χ1) is 12.3. The number of pyridine rings is 1. The maximum Gasteiger partial charge on any atom is 0.236 e. The normalized spacial score (nSPS) is 11.5. The van der Waals surface area contributed by atoms with Gasteiger partial charge in [0, 0.05) is 31.4 Å². The van der Waals surface area contributed by atoms with Crippen molar-refractivity contribution in [2.75, 3.05) is 13.1 Å². The van der Waals surface area contributed by atoms with Crippen molar-refractivity contribution in [1.82, 2.24) is 20.6 Å². The second kappa shape index (κ2) is 8.98. The van der Waals surface area contributed by atoms with Gasteiger partial charge >= 0.3 is 0 Å². The van der Waals surface area contributed by atoms with Gasteiger partial charge in [-0.2, -0.15) is 0 Å². The van der Waals surface area contributed by atoms with Crippen LogP contribution in [0.3, 0.4) is 0 Å². The molecule has 0 atom stereocenters. The van der Waals surface area contributed by atoms with Crippen LogP contribution in [0.4, 0.5) is 0 Å². The topological polar surface area (TPSA) is 75.3 Å². The molecule has 2 N–H and O–H groups in total. The second-order valence-electron chi connectivity index (χ2n) is 5.31. The monoisotopic (exact) mass is 355 g/mol. The van der Waals surface area contributed by atoms with Crippen LogP contribution in [-0.4, -0.2) is 29.0 Å². The summed E-state index contributed by atoms with van der Waals surface area (Å²) < 4.78 is 5.52. The molecule has 0 unspecified atom stereocenters. The molecule has 0 aliphatic carbocycles. The molecule has 0 fully saturated rings. The fourth-order valence-electron chi connectivity index (χ4n) is 2.25. The molecule has 7 heteroatoms. The third-order valence-corrected chi connectivity index (χ3v) is 4.28. The van der Waals surface area contributed by atoms with E-state index in [0.29, 0.717) is 12.4 Å². The molecule has 0 aromatic carbocycles. The van der Waals surface area contributed by atoms with Crippen molar-refractivity contribution < 1.29 is 4.42 Å². The van der Waals surface area contributed by atoms with Crippen LogP contribution in [0.15, 0.2) is 57.6 Å². The fourth-order valence-corrected chi connectivity index (χ4v) is 2.91. The largest absolute Gasteiger partial charge is 0.443 e. The Labute approximate surface area is 151 Å². The molecule has 3 aromatic rings. The zero-order valence-electron chi connectivity index (χ0n) is 14.1. The number of nitrogens with one attached hydrogen (secondary N) is 2. The van der Waals surface area contributed by atoms with E-state index in [1.54, 1.807) is 17.6 Å². The highest BCUT2D eigenvalue weighted by Crippen LogP contribution is 2.23. The number of aromatic nitrogens is 2. The third kappa shape index (κ3) is 5.15. The van der Waals surface area contributed by atoms with E-state index in [4.69, 9.17) is 4.42 Å². The van der Waals surface area contributed by atoms with Crippen LogP contribution in [-0.2, 0) is 13.0 Å². The first kappa shape index (κ1) is 17.2. The second-order valence-corrected chi connectivity index (χ2v) is 6.26. The molecule has 0 bridgehead atoms. The van der Waals surface area contributed by atoms with Gasteiger partial charge in [0.2, 0.25) is 5.89 Å². The third-order valence-electron chi connectivity index (χ3n) is 3.43. The van der Waals surface area contributed by atoms with Gasteiger partial charge in [0.25, 0.3) is 0 Å². The summed E-state index contributed by atoms with van der Waals surface area (Å²) in [7, 11) is 0. The molecule has 0 aliphatic heterocycles. The summed E-state index contributed by atoms with van der Waals surface area (Å²) in [6, 6.07) is 9.92. The zero-order chi connectivity index (χ0) is 17.3. The predicted octanol–water partition coefficient (Wildman–Crippen LogP) is 3.10. The van der Waals surface area contributed by atoms with E-state index in [1.807, 2.05) is 48.8 Å². The fraction of sp³-hybridized carbons (Fsp3) is 0.278. The first-order valence-electron chi connectivity index (χ1n) is 8.25. The van der Waals surface area contributed by atoms with Gasteiger partial charge in [-0.3, -0.25) is 4.98 Å². The molecule has 130 valence electrons. The lowest BCUT2D eigenvalue weighted by Gasteiger charge is -2.10. The van der Waals surface area contributed by atoms with Crippen molar-refractivity contribution in [2.45, 2.75) is 19.9 Å². The Bertz CT molecular complexity index is 783. The number of hydrogen-bond donors (Lipinski definition) is 2. The summed E-state index contributed by atoms with van der Waals surface area (Å²) in [5, 5.41) is 8.56. The Balaban J connectivity index is 1.54. The van der Waals surface area contributed by atoms with Crippen molar-refractivity contribution >= 4 is 17.3 Å². The molecule has 0 saturated heterocycles. The van der Waals surface area contributed by atoms with Crippen molar-refractivity contribution in [2.24, 2.45) is 4.99 Å². The molecular formula is C18H21N5OS. The highest BCUT2D eigenvalue weighted by molar-refractivity contribution is 7.13. The smallest absolute Gasteiger partial charge is 0.236 e. The van der Waals surface area contributed by atoms with Crippen molar-refractivity contribution in [1.29, 1.82) is 0 Å². The van der Waals surface area contributed by atoms with Crippen LogP contribution >= 0.6 is 11.3 Å². The summed E-state index contributed by atoms with van der Waals surface area (Å²) in [5.74, 6) is 1.41. The van der Waals surface area contributed by atoms with E-state index < -0.39 is 0 Å². The Morgan fingerprint density at radius 2 is 2.16 bits per heavy atom. The number of hydrogen-bond acceptors (Lipinski definition) is 5. The summed E-state index contributed by atoms with van der Waals surface area (Å²) in [6.45, 7) is 4.07. The van der Waals surface area contributed by atoms with Gasteiger partial charge in [-0.25, -0.2) is 9.98 Å². The van der Waals surface area contributed by atoms with Crippen LogP contribution in [0, 0.1) is 0 Å². The van der Waals surface area contributed by atoms with Crippen LogP contribution in [0.1, 0.15) is 18.3 Å². The van der Waals surface area contributed by atoms with Gasteiger partial charge in [-0.05, 0) is 30.5 Å². The van der Waals surface area contributed by atoms with Crippen LogP contribution in [0.2, 0.25) is 0 Å². The maximum absolute atomic E-state index is 5.52. The van der Waals surface area contributed by atoms with E-state index >= 15 is 0 Å². The van der Waals surface area contributed by atoms with Gasteiger partial charge in [0.1, 0.15) is 12.0 Å². The molecule has 6 nitrogen and oxygen atoms in total. The number of rotatable bonds is 7. The summed E-state index contributed by atoms with van der Waals surface area (Å²) in [5.41, 5.74) is 1.87. The number of guanidine groups is 1. The standard InChI is InChI=1S/C18H21N5OS/c1-2-19-18(21-10-8-14-6-3-4-9-20-14)22-12-15-13-24-17(23-15)16-7-5-11-25-16/h3-7,9,11,13H,2,8,10,12H2,1H3,(H2,19,21,22). The van der Waals surface area contributed by atoms with Gasteiger partial charge in [0.15, 0.2) is 5.96 Å². The molecule has 25 heavy (non-hydrogen) atoms. The van der Waals surface area contributed by atoms with Crippen molar-refractivity contribution in [3.63, 3.8) is 0 Å². The number of oxazole rings is 1. The Morgan fingerprint density at radius 1 is 1.20 bits per heavy atom. The number of nitrogens with zero attached hydrogens (tertiary/aromatic N) is 3. The lowest BCUT2D eigenvalue weighted by molar-refractivity contribution is 0.574. The molecule has 0 amide bonds. The first-order valence-corrected chi connectivity index (χ1v) is 9.13. The summed E-state index contributed by atoms with van der Waals surface area (Å²) in [6.07, 6.45) is 4.32. The van der Waals surface area contributed by atoms with E-state index in [2.05, 4.69) is 25.6 Å². The van der Waals surface area contributed by atoms with E-state index in [-0.39, 0.29) is 0 Å². The molecule has 3 aromatic heterocycles. The van der Waals surface area contributed by atoms with Gasteiger partial charge in [-0.15, -0.1) is 11.3 Å². The lowest BCUT2D eigenvalue weighted by Crippen LogP contribution is -2.38. The zero-order valence-corrected chi connectivity index (χ0v) is 14.9. The maximum atomic E-state index is 5.52. The molecular weight excluding hydrogens is 334 g/mol. The van der Waals surface area contributed by atoms with Crippen LogP contribution in [0.25, 0.3) is 10.8 Å². The van der Waals surface area contributed by atoms with Crippen molar-refractivity contribution in [3.8, 4) is 10.8 Å².